The summed E-state index contributed by atoms with van der Waals surface area (Å²) in [7, 11) is 0. The molecule has 58 heavy (non-hydrogen) atoms. The molecular formula is C52H85NO5. The number of amides is 1. The van der Waals surface area contributed by atoms with E-state index in [-0.39, 0.29) is 24.9 Å². The van der Waals surface area contributed by atoms with Crippen molar-refractivity contribution < 1.29 is 24.5 Å². The first kappa shape index (κ1) is 54.5. The van der Waals surface area contributed by atoms with Gasteiger partial charge in [-0.2, -0.15) is 0 Å². The maximum atomic E-state index is 13.1. The van der Waals surface area contributed by atoms with Gasteiger partial charge in [0.2, 0.25) is 5.91 Å². The van der Waals surface area contributed by atoms with Crippen LogP contribution in [0.3, 0.4) is 0 Å². The van der Waals surface area contributed by atoms with Gasteiger partial charge < -0.3 is 20.3 Å². The molecule has 0 aromatic heterocycles. The molecule has 0 aliphatic carbocycles. The topological polar surface area (TPSA) is 95.9 Å². The lowest BCUT2D eigenvalue weighted by atomic mass is 10.0. The lowest BCUT2D eigenvalue weighted by Gasteiger charge is -2.24. The van der Waals surface area contributed by atoms with Crippen LogP contribution in [0.2, 0.25) is 0 Å². The molecule has 0 aromatic carbocycles. The van der Waals surface area contributed by atoms with Crippen LogP contribution in [0.4, 0.5) is 0 Å². The van der Waals surface area contributed by atoms with Crippen LogP contribution in [0.15, 0.2) is 109 Å². The minimum Gasteiger partial charge on any atom is -0.462 e. The summed E-state index contributed by atoms with van der Waals surface area (Å²) in [5.74, 6) is -0.561. The van der Waals surface area contributed by atoms with E-state index < -0.39 is 18.2 Å². The molecule has 0 aromatic rings. The number of esters is 1. The largest absolute Gasteiger partial charge is 0.462 e. The van der Waals surface area contributed by atoms with Gasteiger partial charge in [0.25, 0.3) is 0 Å². The van der Waals surface area contributed by atoms with Gasteiger partial charge in [0, 0.05) is 6.42 Å². The molecule has 3 unspecified atom stereocenters. The molecule has 0 heterocycles. The van der Waals surface area contributed by atoms with Crippen molar-refractivity contribution in [2.75, 3.05) is 6.61 Å². The first-order valence-corrected chi connectivity index (χ1v) is 23.2. The smallest absolute Gasteiger partial charge is 0.306 e. The summed E-state index contributed by atoms with van der Waals surface area (Å²) in [6.07, 6.45) is 60.0. The zero-order valence-electron chi connectivity index (χ0n) is 37.1. The highest BCUT2D eigenvalue weighted by molar-refractivity contribution is 5.77. The number of aliphatic hydroxyl groups excluding tert-OH is 2. The van der Waals surface area contributed by atoms with E-state index in [9.17, 15) is 19.8 Å². The molecule has 0 bridgehead atoms. The molecule has 0 fully saturated rings. The number of aliphatic hydroxyl groups is 2. The average molecular weight is 804 g/mol. The fraction of sp³-hybridized carbons (Fsp3) is 0.615. The van der Waals surface area contributed by atoms with Crippen molar-refractivity contribution in [2.45, 2.75) is 200 Å². The molecule has 0 aliphatic rings. The zero-order valence-corrected chi connectivity index (χ0v) is 37.1. The summed E-state index contributed by atoms with van der Waals surface area (Å²) in [6, 6.07) is -0.723. The molecule has 0 aliphatic heterocycles. The van der Waals surface area contributed by atoms with Gasteiger partial charge in [-0.1, -0.05) is 214 Å². The molecule has 6 nitrogen and oxygen atoms in total. The second kappa shape index (κ2) is 44.6. The number of ether oxygens (including phenoxy) is 1. The van der Waals surface area contributed by atoms with E-state index >= 15 is 0 Å². The number of nitrogens with one attached hydrogen (secondary N) is 1. The predicted molar refractivity (Wildman–Crippen MR) is 250 cm³/mol. The molecule has 0 saturated heterocycles. The zero-order chi connectivity index (χ0) is 42.4. The molecule has 0 saturated carbocycles. The Bertz CT molecular complexity index is 1220. The maximum absolute atomic E-state index is 13.1. The monoisotopic (exact) mass is 804 g/mol. The molecule has 6 heteroatoms. The van der Waals surface area contributed by atoms with Crippen LogP contribution in [0.1, 0.15) is 181 Å². The van der Waals surface area contributed by atoms with Gasteiger partial charge in [-0.15, -0.1) is 0 Å². The van der Waals surface area contributed by atoms with Crippen molar-refractivity contribution in [3.05, 3.63) is 109 Å². The Morgan fingerprint density at radius 3 is 1.41 bits per heavy atom. The normalized spacial score (nSPS) is 14.4. The third-order valence-electron chi connectivity index (χ3n) is 9.82. The van der Waals surface area contributed by atoms with Gasteiger partial charge >= 0.3 is 5.97 Å². The number of carbonyl (C=O) groups excluding carboxylic acids is 2. The second-order valence-electron chi connectivity index (χ2n) is 15.3. The number of carbonyl (C=O) groups is 2. The number of rotatable bonds is 39. The van der Waals surface area contributed by atoms with Crippen molar-refractivity contribution >= 4 is 11.9 Å². The van der Waals surface area contributed by atoms with Crippen LogP contribution in [0, 0.1) is 0 Å². The van der Waals surface area contributed by atoms with E-state index in [1.165, 1.54) is 38.5 Å². The summed E-state index contributed by atoms with van der Waals surface area (Å²) < 4.78 is 5.88. The minimum absolute atomic E-state index is 0.0379. The van der Waals surface area contributed by atoms with E-state index in [4.69, 9.17) is 4.74 Å². The number of allylic oxidation sites excluding steroid dienone is 18. The SMILES string of the molecule is CC\C=C/C=C/C=C/C=C\C=C\C=C\CCCCCC(=O)OC(CCCCCCC/C=C/C=C/C=C/CC)CC(=O)NC(CO)C(O)CCCCCCCCCCC. The lowest BCUT2D eigenvalue weighted by molar-refractivity contribution is -0.151. The molecule has 328 valence electrons. The van der Waals surface area contributed by atoms with Gasteiger partial charge in [0.15, 0.2) is 0 Å². The summed E-state index contributed by atoms with van der Waals surface area (Å²) in [5, 5.41) is 23.6. The van der Waals surface area contributed by atoms with Gasteiger partial charge in [-0.3, -0.25) is 9.59 Å². The first-order valence-electron chi connectivity index (χ1n) is 23.2. The van der Waals surface area contributed by atoms with Crippen molar-refractivity contribution in [2.24, 2.45) is 0 Å². The summed E-state index contributed by atoms with van der Waals surface area (Å²) in [4.78, 5) is 26.0. The van der Waals surface area contributed by atoms with Crippen LogP contribution < -0.4 is 5.32 Å². The van der Waals surface area contributed by atoms with Gasteiger partial charge in [-0.25, -0.2) is 0 Å². The van der Waals surface area contributed by atoms with Gasteiger partial charge in [0.05, 0.1) is 25.2 Å². The molecule has 0 radical (unpaired) electrons. The van der Waals surface area contributed by atoms with Crippen molar-refractivity contribution in [3.8, 4) is 0 Å². The Kier molecular flexibility index (Phi) is 41.9. The minimum atomic E-state index is -0.806. The third kappa shape index (κ3) is 39.4. The number of hydrogen-bond acceptors (Lipinski definition) is 5. The van der Waals surface area contributed by atoms with E-state index in [1.54, 1.807) is 0 Å². The highest BCUT2D eigenvalue weighted by Gasteiger charge is 2.24. The van der Waals surface area contributed by atoms with Crippen LogP contribution in [0.25, 0.3) is 0 Å². The summed E-state index contributed by atoms with van der Waals surface area (Å²) in [5.41, 5.74) is 0. The average Bonchev–Trinajstić information content (AvgIpc) is 3.22. The van der Waals surface area contributed by atoms with Gasteiger partial charge in [-0.05, 0) is 64.2 Å². The Morgan fingerprint density at radius 2 is 0.931 bits per heavy atom. The molecule has 1 amide bonds. The second-order valence-corrected chi connectivity index (χ2v) is 15.3. The van der Waals surface area contributed by atoms with Crippen molar-refractivity contribution in [1.29, 1.82) is 0 Å². The van der Waals surface area contributed by atoms with Crippen molar-refractivity contribution in [1.82, 2.24) is 5.32 Å². The van der Waals surface area contributed by atoms with E-state index in [0.717, 1.165) is 96.3 Å². The Hall–Kier alpha value is -3.48. The quantitative estimate of drug-likeness (QED) is 0.0327. The van der Waals surface area contributed by atoms with Crippen LogP contribution in [-0.2, 0) is 14.3 Å². The van der Waals surface area contributed by atoms with Crippen LogP contribution in [-0.4, -0.2) is 46.9 Å². The van der Waals surface area contributed by atoms with E-state index in [1.807, 2.05) is 60.8 Å². The third-order valence-corrected chi connectivity index (χ3v) is 9.82. The summed E-state index contributed by atoms with van der Waals surface area (Å²) in [6.45, 7) is 6.14. The highest BCUT2D eigenvalue weighted by Crippen LogP contribution is 2.17. The first-order chi connectivity index (χ1) is 28.5. The molecule has 3 atom stereocenters. The lowest BCUT2D eigenvalue weighted by Crippen LogP contribution is -2.46. The van der Waals surface area contributed by atoms with E-state index in [2.05, 4.69) is 74.7 Å². The Balaban J connectivity index is 4.75. The Morgan fingerprint density at radius 1 is 0.517 bits per heavy atom. The van der Waals surface area contributed by atoms with Crippen LogP contribution >= 0.6 is 0 Å². The van der Waals surface area contributed by atoms with Gasteiger partial charge in [0.1, 0.15) is 6.10 Å². The number of hydrogen-bond donors (Lipinski definition) is 3. The van der Waals surface area contributed by atoms with E-state index in [0.29, 0.717) is 19.3 Å². The van der Waals surface area contributed by atoms with Crippen molar-refractivity contribution in [3.63, 3.8) is 0 Å². The fourth-order valence-electron chi connectivity index (χ4n) is 6.34. The number of unbranched alkanes of at least 4 members (excludes halogenated alkanes) is 16. The maximum Gasteiger partial charge on any atom is 0.306 e. The fourth-order valence-corrected chi connectivity index (χ4v) is 6.34. The molecule has 0 spiro atoms. The predicted octanol–water partition coefficient (Wildman–Crippen LogP) is 13.6. The Labute approximate surface area is 356 Å². The molecule has 0 rings (SSSR count). The van der Waals surface area contributed by atoms with Crippen LogP contribution in [0.5, 0.6) is 0 Å². The summed E-state index contributed by atoms with van der Waals surface area (Å²) >= 11 is 0. The molecule has 3 N–H and O–H groups in total. The standard InChI is InChI=1S/C52H85NO5/c1-4-7-10-13-16-19-21-23-24-25-26-28-30-33-36-39-42-45-52(57)58-48(43-40-37-34-32-29-27-22-20-17-14-11-8-5-2)46-51(56)53-49(47-54)50(55)44-41-38-35-31-18-15-12-9-6-3/h7-8,10-11,13-14,16-17,19-26,28,30,48-50,54-55H,4-6,9,12,15,18,27,29,31-47H2,1-3H3,(H,53,56)/b10-7-,11-8+,16-13+,17-14+,21-19+,22-20+,24-23-,26-25+,30-28+. The highest BCUT2D eigenvalue weighted by atomic mass is 16.5. The molecular weight excluding hydrogens is 719 g/mol.